The van der Waals surface area contributed by atoms with E-state index in [4.69, 9.17) is 5.11 Å². The second kappa shape index (κ2) is 4.65. The number of aliphatic carboxylic acids is 1. The van der Waals surface area contributed by atoms with E-state index in [0.29, 0.717) is 5.92 Å². The van der Waals surface area contributed by atoms with Crippen molar-refractivity contribution in [3.63, 3.8) is 0 Å². The van der Waals surface area contributed by atoms with Gasteiger partial charge in [0.25, 0.3) is 0 Å². The van der Waals surface area contributed by atoms with Gasteiger partial charge < -0.3 is 5.11 Å². The summed E-state index contributed by atoms with van der Waals surface area (Å²) in [5.41, 5.74) is 1.40. The molecule has 2 heteroatoms. The van der Waals surface area contributed by atoms with Gasteiger partial charge in [-0.15, -0.1) is 0 Å². The predicted molar refractivity (Wildman–Crippen MR) is 59.5 cm³/mol. The van der Waals surface area contributed by atoms with E-state index in [0.717, 1.165) is 32.1 Å². The molecule has 15 heavy (non-hydrogen) atoms. The van der Waals surface area contributed by atoms with E-state index >= 15 is 0 Å². The van der Waals surface area contributed by atoms with Crippen LogP contribution in [0.5, 0.6) is 0 Å². The fourth-order valence-electron chi connectivity index (χ4n) is 2.61. The Morgan fingerprint density at radius 1 is 1.27 bits per heavy atom. The van der Waals surface area contributed by atoms with Gasteiger partial charge in [0.05, 0.1) is 5.92 Å². The van der Waals surface area contributed by atoms with Gasteiger partial charge in [0.1, 0.15) is 0 Å². The summed E-state index contributed by atoms with van der Waals surface area (Å²) in [5.74, 6) is -0.125. The number of hydrogen-bond acceptors (Lipinski definition) is 1. The van der Waals surface area contributed by atoms with E-state index in [1.807, 2.05) is 0 Å². The molecule has 1 N–H and O–H groups in total. The average molecular weight is 206 g/mol. The highest BCUT2D eigenvalue weighted by molar-refractivity contribution is 5.70. The number of rotatable bonds is 2. The first-order chi connectivity index (χ1) is 7.27. The smallest absolute Gasteiger partial charge is 0.306 e. The Hall–Kier alpha value is -1.05. The third-order valence-corrected chi connectivity index (χ3v) is 3.55. The van der Waals surface area contributed by atoms with Crippen LogP contribution < -0.4 is 0 Å². The maximum Gasteiger partial charge on any atom is 0.306 e. The van der Waals surface area contributed by atoms with Crippen molar-refractivity contribution in [2.75, 3.05) is 0 Å². The van der Waals surface area contributed by atoms with Crippen molar-refractivity contribution in [1.82, 2.24) is 0 Å². The lowest BCUT2D eigenvalue weighted by molar-refractivity contribution is -0.142. The van der Waals surface area contributed by atoms with Crippen molar-refractivity contribution in [1.29, 1.82) is 0 Å². The maximum atomic E-state index is 10.9. The minimum absolute atomic E-state index is 0.129. The summed E-state index contributed by atoms with van der Waals surface area (Å²) < 4.78 is 0. The van der Waals surface area contributed by atoms with Crippen LogP contribution in [0.25, 0.3) is 0 Å². The zero-order valence-corrected chi connectivity index (χ0v) is 8.98. The van der Waals surface area contributed by atoms with Crippen LogP contribution in [0.4, 0.5) is 0 Å². The van der Waals surface area contributed by atoms with Gasteiger partial charge in [-0.3, -0.25) is 4.79 Å². The SMILES string of the molecule is O=C(O)C1CCC=C(C2CC=CCC2)C1. The fraction of sp³-hybridized carbons (Fsp3) is 0.615. The molecule has 0 aliphatic heterocycles. The van der Waals surface area contributed by atoms with E-state index in [1.54, 1.807) is 0 Å². The number of carboxylic acids is 1. The molecule has 0 aromatic heterocycles. The van der Waals surface area contributed by atoms with Crippen LogP contribution in [0.15, 0.2) is 23.8 Å². The Kier molecular flexibility index (Phi) is 3.24. The molecule has 2 nitrogen and oxygen atoms in total. The minimum atomic E-state index is -0.619. The van der Waals surface area contributed by atoms with Gasteiger partial charge in [-0.05, 0) is 44.4 Å². The van der Waals surface area contributed by atoms with Crippen molar-refractivity contribution in [2.24, 2.45) is 11.8 Å². The molecule has 0 saturated carbocycles. The highest BCUT2D eigenvalue weighted by Crippen LogP contribution is 2.34. The molecule has 2 aliphatic carbocycles. The second-order valence-corrected chi connectivity index (χ2v) is 4.58. The number of carboxylic acid groups (broad SMARTS) is 1. The Morgan fingerprint density at radius 3 is 2.80 bits per heavy atom. The molecule has 0 amide bonds. The van der Waals surface area contributed by atoms with E-state index in [2.05, 4.69) is 18.2 Å². The van der Waals surface area contributed by atoms with E-state index in [1.165, 1.54) is 12.0 Å². The van der Waals surface area contributed by atoms with E-state index in [9.17, 15) is 4.79 Å². The molecular weight excluding hydrogens is 188 g/mol. The Labute approximate surface area is 90.7 Å². The van der Waals surface area contributed by atoms with Gasteiger partial charge in [-0.1, -0.05) is 23.8 Å². The van der Waals surface area contributed by atoms with Crippen LogP contribution in [-0.4, -0.2) is 11.1 Å². The molecule has 82 valence electrons. The van der Waals surface area contributed by atoms with Crippen molar-refractivity contribution in [3.05, 3.63) is 23.8 Å². The summed E-state index contributed by atoms with van der Waals surface area (Å²) in [4.78, 5) is 10.9. The molecule has 0 spiro atoms. The standard InChI is InChI=1S/C13H18O2/c14-13(15)12-8-4-7-11(9-12)10-5-2-1-3-6-10/h1-2,7,10,12H,3-6,8-9H2,(H,14,15). The Bertz CT molecular complexity index is 302. The van der Waals surface area contributed by atoms with Gasteiger partial charge in [0, 0.05) is 0 Å². The van der Waals surface area contributed by atoms with Crippen LogP contribution in [0, 0.1) is 11.8 Å². The third-order valence-electron chi connectivity index (χ3n) is 3.55. The molecule has 0 aromatic rings. The highest BCUT2D eigenvalue weighted by atomic mass is 16.4. The molecule has 2 atom stereocenters. The quantitative estimate of drug-likeness (QED) is 0.705. The molecule has 0 bridgehead atoms. The van der Waals surface area contributed by atoms with E-state index in [-0.39, 0.29) is 5.92 Å². The number of carbonyl (C=O) groups is 1. The summed E-state index contributed by atoms with van der Waals surface area (Å²) in [7, 11) is 0. The lowest BCUT2D eigenvalue weighted by Gasteiger charge is -2.27. The van der Waals surface area contributed by atoms with Gasteiger partial charge in [-0.2, -0.15) is 0 Å². The van der Waals surface area contributed by atoms with Crippen LogP contribution in [0.3, 0.4) is 0 Å². The predicted octanol–water partition coefficient (Wildman–Crippen LogP) is 3.15. The molecule has 2 aliphatic rings. The Morgan fingerprint density at radius 2 is 2.13 bits per heavy atom. The minimum Gasteiger partial charge on any atom is -0.481 e. The lowest BCUT2D eigenvalue weighted by atomic mass is 9.78. The fourth-order valence-corrected chi connectivity index (χ4v) is 2.61. The zero-order chi connectivity index (χ0) is 10.7. The first kappa shape index (κ1) is 10.5. The Balaban J connectivity index is 2.00. The largest absolute Gasteiger partial charge is 0.481 e. The summed E-state index contributed by atoms with van der Waals surface area (Å²) in [6.07, 6.45) is 12.8. The summed E-state index contributed by atoms with van der Waals surface area (Å²) in [6, 6.07) is 0. The summed E-state index contributed by atoms with van der Waals surface area (Å²) in [6.45, 7) is 0. The topological polar surface area (TPSA) is 37.3 Å². The zero-order valence-electron chi connectivity index (χ0n) is 8.98. The van der Waals surface area contributed by atoms with Gasteiger partial charge in [0.2, 0.25) is 0 Å². The van der Waals surface area contributed by atoms with Crippen molar-refractivity contribution in [3.8, 4) is 0 Å². The number of hydrogen-bond donors (Lipinski definition) is 1. The first-order valence-electron chi connectivity index (χ1n) is 5.84. The van der Waals surface area contributed by atoms with Gasteiger partial charge >= 0.3 is 5.97 Å². The van der Waals surface area contributed by atoms with Crippen LogP contribution in [0.1, 0.15) is 38.5 Å². The lowest BCUT2D eigenvalue weighted by Crippen LogP contribution is -2.20. The van der Waals surface area contributed by atoms with Gasteiger partial charge in [-0.25, -0.2) is 0 Å². The average Bonchev–Trinajstić information content (AvgIpc) is 2.30. The van der Waals surface area contributed by atoms with Crippen molar-refractivity contribution >= 4 is 5.97 Å². The second-order valence-electron chi connectivity index (χ2n) is 4.58. The summed E-state index contributed by atoms with van der Waals surface area (Å²) >= 11 is 0. The van der Waals surface area contributed by atoms with Crippen LogP contribution in [0.2, 0.25) is 0 Å². The van der Waals surface area contributed by atoms with E-state index < -0.39 is 5.97 Å². The molecule has 0 fully saturated rings. The van der Waals surface area contributed by atoms with Crippen molar-refractivity contribution < 1.29 is 9.90 Å². The molecule has 2 unspecified atom stereocenters. The molecule has 0 saturated heterocycles. The summed E-state index contributed by atoms with van der Waals surface area (Å²) in [5, 5.41) is 9.01. The number of allylic oxidation sites excluding steroid dienone is 4. The molecule has 0 aromatic carbocycles. The maximum absolute atomic E-state index is 10.9. The van der Waals surface area contributed by atoms with Crippen LogP contribution in [-0.2, 0) is 4.79 Å². The molecule has 0 radical (unpaired) electrons. The first-order valence-corrected chi connectivity index (χ1v) is 5.84. The van der Waals surface area contributed by atoms with Gasteiger partial charge in [0.15, 0.2) is 0 Å². The van der Waals surface area contributed by atoms with Crippen LogP contribution >= 0.6 is 0 Å². The molecule has 0 heterocycles. The van der Waals surface area contributed by atoms with Crippen molar-refractivity contribution in [2.45, 2.75) is 38.5 Å². The molecule has 2 rings (SSSR count). The normalized spacial score (nSPS) is 31.1. The third kappa shape index (κ3) is 2.49. The highest BCUT2D eigenvalue weighted by Gasteiger charge is 2.25. The monoisotopic (exact) mass is 206 g/mol. The molecular formula is C13H18O2.